The largest absolute Gasteiger partial charge is 0.481 e. The van der Waals surface area contributed by atoms with E-state index in [1.807, 2.05) is 30.3 Å². The van der Waals surface area contributed by atoms with Crippen LogP contribution in [0.25, 0.3) is 0 Å². The number of nitrogens with two attached hydrogens (primary N) is 1. The van der Waals surface area contributed by atoms with Crippen LogP contribution in [-0.4, -0.2) is 77.1 Å². The molecule has 12 nitrogen and oxygen atoms in total. The fraction of sp³-hybridized carbons (Fsp3) is 0.542. The van der Waals surface area contributed by atoms with Gasteiger partial charge in [-0.25, -0.2) is 4.79 Å². The number of carbonyl (C=O) groups is 5. The van der Waals surface area contributed by atoms with Gasteiger partial charge in [-0.15, -0.1) is 0 Å². The van der Waals surface area contributed by atoms with E-state index in [2.05, 4.69) is 21.3 Å². The van der Waals surface area contributed by atoms with E-state index >= 15 is 0 Å². The highest BCUT2D eigenvalue weighted by atomic mass is 16.4. The van der Waals surface area contributed by atoms with Crippen molar-refractivity contribution in [2.75, 3.05) is 13.1 Å². The first-order valence-electron chi connectivity index (χ1n) is 12.0. The fourth-order valence-electron chi connectivity index (χ4n) is 3.92. The zero-order valence-electron chi connectivity index (χ0n) is 20.1. The van der Waals surface area contributed by atoms with Crippen molar-refractivity contribution >= 4 is 29.7 Å². The normalized spacial score (nSPS) is 17.4. The summed E-state index contributed by atoms with van der Waals surface area (Å²) in [7, 11) is 0. The van der Waals surface area contributed by atoms with Crippen LogP contribution in [0.4, 0.5) is 0 Å². The van der Waals surface area contributed by atoms with E-state index in [-0.39, 0.29) is 18.7 Å². The minimum atomic E-state index is -1.66. The van der Waals surface area contributed by atoms with Crippen molar-refractivity contribution in [3.63, 3.8) is 0 Å². The molecule has 8 N–H and O–H groups in total. The van der Waals surface area contributed by atoms with Gasteiger partial charge in [-0.3, -0.25) is 19.2 Å². The molecule has 4 atom stereocenters. The van der Waals surface area contributed by atoms with Crippen LogP contribution >= 0.6 is 0 Å². The number of amides is 3. The number of hydrogen-bond acceptors (Lipinski definition) is 7. The van der Waals surface area contributed by atoms with Gasteiger partial charge in [-0.1, -0.05) is 30.3 Å². The van der Waals surface area contributed by atoms with Crippen molar-refractivity contribution in [1.29, 1.82) is 0 Å². The molecule has 1 heterocycles. The third-order valence-corrected chi connectivity index (χ3v) is 5.87. The predicted molar refractivity (Wildman–Crippen MR) is 130 cm³/mol. The first-order chi connectivity index (χ1) is 17.2. The van der Waals surface area contributed by atoms with Crippen molar-refractivity contribution in [2.24, 2.45) is 5.73 Å². The van der Waals surface area contributed by atoms with Crippen LogP contribution in [0.1, 0.15) is 44.1 Å². The summed E-state index contributed by atoms with van der Waals surface area (Å²) in [6.45, 7) is 1.07. The molecule has 2 rings (SSSR count). The van der Waals surface area contributed by atoms with Gasteiger partial charge in [0.05, 0.1) is 12.5 Å². The van der Waals surface area contributed by atoms with Crippen LogP contribution in [-0.2, 0) is 30.4 Å². The summed E-state index contributed by atoms with van der Waals surface area (Å²) in [6.07, 6.45) is 2.05. The van der Waals surface area contributed by atoms with Crippen molar-refractivity contribution in [2.45, 2.75) is 69.1 Å². The molecule has 36 heavy (non-hydrogen) atoms. The van der Waals surface area contributed by atoms with E-state index in [0.29, 0.717) is 32.4 Å². The summed E-state index contributed by atoms with van der Waals surface area (Å²) in [5, 5.41) is 28.9. The van der Waals surface area contributed by atoms with Gasteiger partial charge in [0, 0.05) is 6.42 Å². The predicted octanol–water partition coefficient (Wildman–Crippen LogP) is -0.876. The summed E-state index contributed by atoms with van der Waals surface area (Å²) in [6, 6.07) is 4.88. The van der Waals surface area contributed by atoms with E-state index in [1.54, 1.807) is 0 Å². The molecule has 0 radical (unpaired) electrons. The molecule has 3 amide bonds. The number of hydrogen-bond donors (Lipinski definition) is 7. The lowest BCUT2D eigenvalue weighted by atomic mass is 10.0. The van der Waals surface area contributed by atoms with Crippen LogP contribution in [0.5, 0.6) is 0 Å². The summed E-state index contributed by atoms with van der Waals surface area (Å²) in [5.41, 5.74) is 6.33. The summed E-state index contributed by atoms with van der Waals surface area (Å²) in [5.74, 6) is -4.65. The molecular formula is C24H35N5O7. The zero-order chi connectivity index (χ0) is 26.5. The first kappa shape index (κ1) is 28.7. The topological polar surface area (TPSA) is 200 Å². The van der Waals surface area contributed by atoms with Crippen LogP contribution < -0.4 is 27.0 Å². The quantitative estimate of drug-likeness (QED) is 0.148. The molecule has 1 aliphatic rings. The highest BCUT2D eigenvalue weighted by Gasteiger charge is 2.32. The zero-order valence-corrected chi connectivity index (χ0v) is 20.1. The standard InChI is InChI=1S/C24H35N5O7/c25-11-5-4-9-17(22(33)29-19(24(35)36)14-20(30)31)27-23(34)18(13-15-7-2-1-3-8-15)28-21(32)16-10-6-12-26-16/h1-3,7-8,16-19,26H,4-6,9-14,25H2,(H,27,34)(H,28,32)(H,29,33)(H,30,31)(H,35,36). The van der Waals surface area contributed by atoms with Crippen molar-refractivity contribution < 1.29 is 34.2 Å². The molecule has 1 aliphatic heterocycles. The lowest BCUT2D eigenvalue weighted by Crippen LogP contribution is -2.57. The highest BCUT2D eigenvalue weighted by molar-refractivity contribution is 5.94. The molecule has 0 spiro atoms. The molecule has 0 saturated carbocycles. The smallest absolute Gasteiger partial charge is 0.326 e. The average molecular weight is 506 g/mol. The van der Waals surface area contributed by atoms with E-state index in [9.17, 15) is 29.1 Å². The Morgan fingerprint density at radius 1 is 0.944 bits per heavy atom. The summed E-state index contributed by atoms with van der Waals surface area (Å²) in [4.78, 5) is 61.3. The average Bonchev–Trinajstić information content (AvgIpc) is 3.38. The Labute approximate surface area is 209 Å². The minimum absolute atomic E-state index is 0.157. The molecule has 1 saturated heterocycles. The van der Waals surface area contributed by atoms with E-state index < -0.39 is 54.3 Å². The Balaban J connectivity index is 2.17. The summed E-state index contributed by atoms with van der Waals surface area (Å²) < 4.78 is 0. The van der Waals surface area contributed by atoms with Gasteiger partial charge in [-0.05, 0) is 50.8 Å². The Kier molecular flexibility index (Phi) is 11.8. The molecule has 12 heteroatoms. The van der Waals surface area contributed by atoms with E-state index in [0.717, 1.165) is 12.0 Å². The van der Waals surface area contributed by atoms with Gasteiger partial charge in [0.1, 0.15) is 18.1 Å². The minimum Gasteiger partial charge on any atom is -0.481 e. The van der Waals surface area contributed by atoms with Gasteiger partial charge >= 0.3 is 11.9 Å². The maximum Gasteiger partial charge on any atom is 0.326 e. The molecule has 0 aromatic heterocycles. The van der Waals surface area contributed by atoms with E-state index in [1.165, 1.54) is 0 Å². The lowest BCUT2D eigenvalue weighted by molar-refractivity contribution is -0.147. The first-order valence-corrected chi connectivity index (χ1v) is 12.0. The number of benzene rings is 1. The molecule has 0 aliphatic carbocycles. The van der Waals surface area contributed by atoms with Gasteiger partial charge in [0.2, 0.25) is 17.7 Å². The van der Waals surface area contributed by atoms with Crippen LogP contribution in [0.3, 0.4) is 0 Å². The van der Waals surface area contributed by atoms with Crippen LogP contribution in [0, 0.1) is 0 Å². The number of carboxylic acids is 2. The van der Waals surface area contributed by atoms with Gasteiger partial charge in [0.15, 0.2) is 0 Å². The number of aliphatic carboxylic acids is 2. The van der Waals surface area contributed by atoms with E-state index in [4.69, 9.17) is 10.8 Å². The Morgan fingerprint density at radius 2 is 1.61 bits per heavy atom. The molecule has 1 aromatic rings. The van der Waals surface area contributed by atoms with Crippen molar-refractivity contribution in [3.05, 3.63) is 35.9 Å². The Bertz CT molecular complexity index is 905. The second-order valence-electron chi connectivity index (χ2n) is 8.74. The number of nitrogens with one attached hydrogen (secondary N) is 4. The molecule has 1 fully saturated rings. The second-order valence-corrected chi connectivity index (χ2v) is 8.74. The summed E-state index contributed by atoms with van der Waals surface area (Å²) >= 11 is 0. The van der Waals surface area contributed by atoms with Gasteiger partial charge < -0.3 is 37.2 Å². The molecule has 1 aromatic carbocycles. The van der Waals surface area contributed by atoms with Gasteiger partial charge in [0.25, 0.3) is 0 Å². The van der Waals surface area contributed by atoms with Crippen molar-refractivity contribution in [1.82, 2.24) is 21.3 Å². The number of carbonyl (C=O) groups excluding carboxylic acids is 3. The number of carboxylic acid groups (broad SMARTS) is 2. The maximum absolute atomic E-state index is 13.3. The van der Waals surface area contributed by atoms with Crippen LogP contribution in [0.15, 0.2) is 30.3 Å². The monoisotopic (exact) mass is 505 g/mol. The third-order valence-electron chi connectivity index (χ3n) is 5.87. The molecule has 198 valence electrons. The molecular weight excluding hydrogens is 470 g/mol. The molecule has 0 bridgehead atoms. The number of unbranched alkanes of at least 4 members (excludes halogenated alkanes) is 1. The van der Waals surface area contributed by atoms with Crippen LogP contribution in [0.2, 0.25) is 0 Å². The second kappa shape index (κ2) is 14.8. The maximum atomic E-state index is 13.3. The fourth-order valence-corrected chi connectivity index (χ4v) is 3.92. The SMILES string of the molecule is NCCCCC(NC(=O)C(Cc1ccccc1)NC(=O)C1CCCN1)C(=O)NC(CC(=O)O)C(=O)O. The highest BCUT2D eigenvalue weighted by Crippen LogP contribution is 2.09. The lowest BCUT2D eigenvalue weighted by Gasteiger charge is -2.25. The molecule has 4 unspecified atom stereocenters. The number of rotatable bonds is 15. The Morgan fingerprint density at radius 3 is 2.19 bits per heavy atom. The van der Waals surface area contributed by atoms with Gasteiger partial charge in [-0.2, -0.15) is 0 Å². The Hall–Kier alpha value is -3.51. The van der Waals surface area contributed by atoms with Crippen molar-refractivity contribution in [3.8, 4) is 0 Å². The third kappa shape index (κ3) is 9.62.